The highest BCUT2D eigenvalue weighted by atomic mass is 31.2. The van der Waals surface area contributed by atoms with E-state index in [9.17, 15) is 0 Å². The number of rotatable bonds is 4. The maximum atomic E-state index is 8.83. The zero-order valence-electron chi connectivity index (χ0n) is 9.73. The van der Waals surface area contributed by atoms with Crippen molar-refractivity contribution in [3.05, 3.63) is 0 Å². The molecule has 6 nitrogen and oxygen atoms in total. The summed E-state index contributed by atoms with van der Waals surface area (Å²) in [6.07, 6.45) is 3.23. The van der Waals surface area contributed by atoms with Crippen LogP contribution in [0.5, 0.6) is 0 Å². The molecule has 0 radical (unpaired) electrons. The van der Waals surface area contributed by atoms with Gasteiger partial charge in [-0.2, -0.15) is 0 Å². The van der Waals surface area contributed by atoms with Gasteiger partial charge in [0.2, 0.25) is 0 Å². The Hall–Kier alpha value is 0.190. The van der Waals surface area contributed by atoms with E-state index in [1.165, 1.54) is 0 Å². The first-order valence-electron chi connectivity index (χ1n) is 5.67. The molecule has 1 aliphatic heterocycles. The van der Waals surface area contributed by atoms with Crippen molar-refractivity contribution in [3.8, 4) is 0 Å². The third kappa shape index (κ3) is 12.3. The summed E-state index contributed by atoms with van der Waals surface area (Å²) in [7, 11) is -1.54. The smallest absolute Gasteiger partial charge is 0.329 e. The van der Waals surface area contributed by atoms with Crippen LogP contribution < -0.4 is 16.8 Å². The molecule has 16 heavy (non-hydrogen) atoms. The Morgan fingerprint density at radius 1 is 1.00 bits per heavy atom. The molecule has 0 amide bonds. The van der Waals surface area contributed by atoms with Crippen LogP contribution in [0.15, 0.2) is 0 Å². The van der Waals surface area contributed by atoms with Crippen LogP contribution in [0, 0.1) is 0 Å². The summed E-state index contributed by atoms with van der Waals surface area (Å²) in [5.41, 5.74) is 10.3. The molecule has 1 aliphatic rings. The lowest BCUT2D eigenvalue weighted by atomic mass is 10.2. The molecule has 0 aliphatic carbocycles. The lowest BCUT2D eigenvalue weighted by Crippen LogP contribution is -2.27. The first kappa shape index (κ1) is 16.2. The molecule has 0 unspecified atom stereocenters. The second-order valence-electron chi connectivity index (χ2n) is 3.29. The molecule has 0 aromatic carbocycles. The summed E-state index contributed by atoms with van der Waals surface area (Å²) in [4.78, 5) is 8.83. The molecule has 0 saturated carbocycles. The Kier molecular flexibility index (Phi) is 13.4. The third-order valence-corrected chi connectivity index (χ3v) is 2.64. The number of nitrogens with two attached hydrogens (primary N) is 2. The van der Waals surface area contributed by atoms with Crippen molar-refractivity contribution in [2.75, 3.05) is 39.4 Å². The zero-order valence-corrected chi connectivity index (χ0v) is 10.6. The van der Waals surface area contributed by atoms with Gasteiger partial charge in [-0.15, -0.1) is 0 Å². The van der Waals surface area contributed by atoms with Crippen molar-refractivity contribution in [2.24, 2.45) is 11.5 Å². The molecule has 98 valence electrons. The molecule has 1 heterocycles. The quantitative estimate of drug-likeness (QED) is 0.413. The van der Waals surface area contributed by atoms with E-state index in [-0.39, 0.29) is 0 Å². The van der Waals surface area contributed by atoms with Crippen LogP contribution in [0.3, 0.4) is 0 Å². The highest BCUT2D eigenvalue weighted by Crippen LogP contribution is 2.34. The Morgan fingerprint density at radius 3 is 1.94 bits per heavy atom. The van der Waals surface area contributed by atoms with Crippen LogP contribution in [0.4, 0.5) is 0 Å². The molecule has 0 spiro atoms. The van der Waals surface area contributed by atoms with Crippen LogP contribution >= 0.6 is 8.60 Å². The largest absolute Gasteiger partial charge is 0.329 e. The Labute approximate surface area is 98.7 Å². The number of nitrogens with one attached hydrogen (secondary N) is 1. The molecule has 6 N–H and O–H groups in total. The molecular formula is C9H24N3O3P. The lowest BCUT2D eigenvalue weighted by molar-refractivity contribution is 0.175. The minimum absolute atomic E-state index is 0.641. The van der Waals surface area contributed by atoms with E-state index in [0.29, 0.717) is 26.3 Å². The fourth-order valence-corrected chi connectivity index (χ4v) is 1.68. The van der Waals surface area contributed by atoms with Crippen LogP contribution in [0.2, 0.25) is 0 Å². The van der Waals surface area contributed by atoms with Gasteiger partial charge in [-0.25, -0.2) is 0 Å². The standard InChI is InChI=1S/C5H11O3P.C4H13N3/c6-9-7-4-2-1-3-5-8-9;5-1-3-7-4-2-6/h6H,1-5H2;7H,1-6H2. The molecule has 0 aromatic rings. The average Bonchev–Trinajstić information content (AvgIpc) is 2.25. The zero-order chi connectivity index (χ0) is 12.1. The van der Waals surface area contributed by atoms with Crippen molar-refractivity contribution in [1.29, 1.82) is 0 Å². The first-order chi connectivity index (χ1) is 7.81. The van der Waals surface area contributed by atoms with Crippen LogP contribution in [-0.4, -0.2) is 44.3 Å². The fraction of sp³-hybridized carbons (Fsp3) is 1.00. The van der Waals surface area contributed by atoms with Crippen molar-refractivity contribution < 1.29 is 13.9 Å². The maximum absolute atomic E-state index is 8.83. The van der Waals surface area contributed by atoms with Gasteiger partial charge in [-0.3, -0.25) is 0 Å². The highest BCUT2D eigenvalue weighted by Gasteiger charge is 2.08. The van der Waals surface area contributed by atoms with Gasteiger partial charge in [0.15, 0.2) is 0 Å². The first-order valence-corrected chi connectivity index (χ1v) is 6.80. The van der Waals surface area contributed by atoms with Crippen molar-refractivity contribution in [3.63, 3.8) is 0 Å². The molecule has 1 rings (SSSR count). The average molecular weight is 253 g/mol. The van der Waals surface area contributed by atoms with Gasteiger partial charge in [0.1, 0.15) is 0 Å². The molecule has 0 aromatic heterocycles. The van der Waals surface area contributed by atoms with Crippen LogP contribution in [0.25, 0.3) is 0 Å². The SMILES string of the molecule is NCCNCCN.OP1OCCCCCO1. The minimum atomic E-state index is -1.54. The fourth-order valence-electron chi connectivity index (χ4n) is 1.03. The molecule has 1 fully saturated rings. The molecular weight excluding hydrogens is 229 g/mol. The van der Waals surface area contributed by atoms with Crippen LogP contribution in [-0.2, 0) is 9.05 Å². The van der Waals surface area contributed by atoms with Crippen molar-refractivity contribution in [1.82, 2.24) is 5.32 Å². The van der Waals surface area contributed by atoms with Crippen LogP contribution in [0.1, 0.15) is 19.3 Å². The number of hydrogen-bond acceptors (Lipinski definition) is 6. The van der Waals surface area contributed by atoms with Gasteiger partial charge in [0.05, 0.1) is 13.2 Å². The van der Waals surface area contributed by atoms with E-state index >= 15 is 0 Å². The molecule has 7 heteroatoms. The van der Waals surface area contributed by atoms with E-state index in [1.807, 2.05) is 0 Å². The van der Waals surface area contributed by atoms with E-state index in [4.69, 9.17) is 25.4 Å². The Bertz CT molecular complexity index is 131. The van der Waals surface area contributed by atoms with E-state index in [1.54, 1.807) is 0 Å². The van der Waals surface area contributed by atoms with Gasteiger partial charge >= 0.3 is 8.60 Å². The van der Waals surface area contributed by atoms with Gasteiger partial charge in [0, 0.05) is 26.2 Å². The second kappa shape index (κ2) is 13.3. The van der Waals surface area contributed by atoms with Crippen molar-refractivity contribution in [2.45, 2.75) is 19.3 Å². The summed E-state index contributed by atoms with van der Waals surface area (Å²) >= 11 is 0. The van der Waals surface area contributed by atoms with E-state index in [0.717, 1.165) is 32.4 Å². The maximum Gasteiger partial charge on any atom is 0.329 e. The molecule has 0 atom stereocenters. The summed E-state index contributed by atoms with van der Waals surface area (Å²) in [5.74, 6) is 0. The highest BCUT2D eigenvalue weighted by molar-refractivity contribution is 7.40. The van der Waals surface area contributed by atoms with Gasteiger partial charge < -0.3 is 30.7 Å². The molecule has 0 bridgehead atoms. The molecule has 1 saturated heterocycles. The Balaban J connectivity index is 0.000000293. The van der Waals surface area contributed by atoms with Gasteiger partial charge in [-0.1, -0.05) is 0 Å². The van der Waals surface area contributed by atoms with Gasteiger partial charge in [0.25, 0.3) is 0 Å². The van der Waals surface area contributed by atoms with E-state index in [2.05, 4.69) is 5.32 Å². The van der Waals surface area contributed by atoms with Crippen molar-refractivity contribution >= 4 is 8.60 Å². The summed E-state index contributed by atoms with van der Waals surface area (Å²) in [6, 6.07) is 0. The summed E-state index contributed by atoms with van der Waals surface area (Å²) in [6.45, 7) is 4.42. The third-order valence-electron chi connectivity index (χ3n) is 1.83. The van der Waals surface area contributed by atoms with E-state index < -0.39 is 8.60 Å². The normalized spacial score (nSPS) is 18.2. The predicted molar refractivity (Wildman–Crippen MR) is 65.9 cm³/mol. The summed E-state index contributed by atoms with van der Waals surface area (Å²) in [5, 5.41) is 3.03. The Morgan fingerprint density at radius 2 is 1.50 bits per heavy atom. The second-order valence-corrected chi connectivity index (χ2v) is 4.28. The summed E-state index contributed by atoms with van der Waals surface area (Å²) < 4.78 is 9.76. The predicted octanol–water partition coefficient (Wildman–Crippen LogP) is -0.0839. The minimum Gasteiger partial charge on any atom is -0.329 e. The van der Waals surface area contributed by atoms with Gasteiger partial charge in [-0.05, 0) is 19.3 Å². The lowest BCUT2D eigenvalue weighted by Gasteiger charge is -2.13. The number of hydrogen-bond donors (Lipinski definition) is 4. The topological polar surface area (TPSA) is 103 Å². The monoisotopic (exact) mass is 253 g/mol.